The lowest BCUT2D eigenvalue weighted by molar-refractivity contribution is -0.141. The van der Waals surface area contributed by atoms with E-state index in [0.717, 1.165) is 6.07 Å². The van der Waals surface area contributed by atoms with Crippen molar-refractivity contribution in [2.24, 2.45) is 0 Å². The predicted molar refractivity (Wildman–Crippen MR) is 99.6 cm³/mol. The van der Waals surface area contributed by atoms with Gasteiger partial charge in [-0.2, -0.15) is 13.2 Å². The van der Waals surface area contributed by atoms with Gasteiger partial charge in [-0.05, 0) is 36.4 Å². The van der Waals surface area contributed by atoms with Crippen LogP contribution in [0.15, 0.2) is 70.1 Å². The molecule has 0 unspecified atom stereocenters. The molecule has 3 aromatic heterocycles. The van der Waals surface area contributed by atoms with Crippen LogP contribution in [-0.4, -0.2) is 16.6 Å². The Bertz CT molecular complexity index is 1200. The number of aromatic nitrogens is 2. The van der Waals surface area contributed by atoms with Gasteiger partial charge in [0, 0.05) is 12.4 Å². The van der Waals surface area contributed by atoms with Crippen molar-refractivity contribution in [3.63, 3.8) is 0 Å². The van der Waals surface area contributed by atoms with Crippen LogP contribution in [0.2, 0.25) is 0 Å². The first-order valence-corrected chi connectivity index (χ1v) is 8.36. The lowest BCUT2D eigenvalue weighted by atomic mass is 10.1. The highest BCUT2D eigenvalue weighted by molar-refractivity contribution is 5.98. The summed E-state index contributed by atoms with van der Waals surface area (Å²) >= 11 is 0. The summed E-state index contributed by atoms with van der Waals surface area (Å²) in [6.07, 6.45) is -3.21. The van der Waals surface area contributed by atoms with Gasteiger partial charge in [0.15, 0.2) is 0 Å². The maximum Gasteiger partial charge on any atom is 0.433 e. The fraction of sp³-hybridized carbons (Fsp3) is 0.100. The van der Waals surface area contributed by atoms with Crippen molar-refractivity contribution in [2.45, 2.75) is 6.18 Å². The SMILES string of the molecule is CNc1c(-c2ccco2)c(=O)n(-c2ccccc2)c2nc(C(F)(F)F)ccc12. The molecule has 1 N–H and O–H groups in total. The van der Waals surface area contributed by atoms with Crippen molar-refractivity contribution in [3.05, 3.63) is 76.9 Å². The quantitative estimate of drug-likeness (QED) is 0.555. The molecular weight excluding hydrogens is 371 g/mol. The summed E-state index contributed by atoms with van der Waals surface area (Å²) in [5.74, 6) is 0.306. The molecule has 142 valence electrons. The molecule has 1 aromatic carbocycles. The van der Waals surface area contributed by atoms with Crippen molar-refractivity contribution in [1.82, 2.24) is 9.55 Å². The van der Waals surface area contributed by atoms with Gasteiger partial charge in [0.1, 0.15) is 22.7 Å². The molecular formula is C20H14F3N3O2. The molecule has 0 radical (unpaired) electrons. The van der Waals surface area contributed by atoms with E-state index in [2.05, 4.69) is 10.3 Å². The number of nitrogens with zero attached hydrogens (tertiary/aromatic N) is 2. The largest absolute Gasteiger partial charge is 0.464 e. The van der Waals surface area contributed by atoms with Crippen LogP contribution in [0.1, 0.15) is 5.69 Å². The van der Waals surface area contributed by atoms with Crippen LogP contribution in [0.5, 0.6) is 0 Å². The molecule has 0 aliphatic carbocycles. The predicted octanol–water partition coefficient (Wildman–Crippen LogP) is 4.71. The molecule has 5 nitrogen and oxygen atoms in total. The first-order valence-electron chi connectivity index (χ1n) is 8.36. The molecule has 0 amide bonds. The summed E-state index contributed by atoms with van der Waals surface area (Å²) in [6.45, 7) is 0. The number of furan rings is 1. The van der Waals surface area contributed by atoms with E-state index >= 15 is 0 Å². The van der Waals surface area contributed by atoms with Crippen LogP contribution in [-0.2, 0) is 6.18 Å². The van der Waals surface area contributed by atoms with Crippen LogP contribution in [0.3, 0.4) is 0 Å². The molecule has 4 aromatic rings. The van der Waals surface area contributed by atoms with E-state index in [0.29, 0.717) is 22.5 Å². The lowest BCUT2D eigenvalue weighted by Crippen LogP contribution is -2.24. The number of halogens is 3. The van der Waals surface area contributed by atoms with Crippen molar-refractivity contribution in [1.29, 1.82) is 0 Å². The van der Waals surface area contributed by atoms with E-state index in [1.165, 1.54) is 16.9 Å². The second-order valence-electron chi connectivity index (χ2n) is 6.02. The van der Waals surface area contributed by atoms with Crippen molar-refractivity contribution in [2.75, 3.05) is 12.4 Å². The molecule has 0 atom stereocenters. The van der Waals surface area contributed by atoms with Gasteiger partial charge in [-0.3, -0.25) is 9.36 Å². The zero-order chi connectivity index (χ0) is 19.9. The van der Waals surface area contributed by atoms with Gasteiger partial charge in [0.05, 0.1) is 17.6 Å². The van der Waals surface area contributed by atoms with Gasteiger partial charge < -0.3 is 9.73 Å². The Morgan fingerprint density at radius 1 is 1.04 bits per heavy atom. The monoisotopic (exact) mass is 385 g/mol. The van der Waals surface area contributed by atoms with Gasteiger partial charge in [-0.25, -0.2) is 4.98 Å². The molecule has 0 saturated heterocycles. The Morgan fingerprint density at radius 2 is 1.79 bits per heavy atom. The third-order valence-electron chi connectivity index (χ3n) is 4.35. The van der Waals surface area contributed by atoms with Gasteiger partial charge in [0.25, 0.3) is 5.56 Å². The highest BCUT2D eigenvalue weighted by Crippen LogP contribution is 2.35. The number of anilines is 1. The molecule has 0 aliphatic rings. The Balaban J connectivity index is 2.20. The molecule has 0 aliphatic heterocycles. The van der Waals surface area contributed by atoms with Crippen molar-refractivity contribution < 1.29 is 17.6 Å². The molecule has 0 bridgehead atoms. The van der Waals surface area contributed by atoms with Crippen LogP contribution in [0, 0.1) is 0 Å². The number of alkyl halides is 3. The highest BCUT2D eigenvalue weighted by atomic mass is 19.4. The lowest BCUT2D eigenvalue weighted by Gasteiger charge is -2.17. The average Bonchev–Trinajstić information content (AvgIpc) is 3.20. The van der Waals surface area contributed by atoms with Gasteiger partial charge in [0.2, 0.25) is 0 Å². The van der Waals surface area contributed by atoms with Crippen molar-refractivity contribution >= 4 is 16.7 Å². The van der Waals surface area contributed by atoms with E-state index in [9.17, 15) is 18.0 Å². The minimum absolute atomic E-state index is 0.0920. The average molecular weight is 385 g/mol. The van der Waals surface area contributed by atoms with Crippen molar-refractivity contribution in [3.8, 4) is 17.0 Å². The van der Waals surface area contributed by atoms with Crippen LogP contribution >= 0.6 is 0 Å². The molecule has 0 fully saturated rings. The van der Waals surface area contributed by atoms with E-state index in [1.54, 1.807) is 49.5 Å². The molecule has 28 heavy (non-hydrogen) atoms. The number of benzene rings is 1. The number of nitrogens with one attached hydrogen (secondary N) is 1. The fourth-order valence-electron chi connectivity index (χ4n) is 3.15. The Morgan fingerprint density at radius 3 is 2.39 bits per heavy atom. The highest BCUT2D eigenvalue weighted by Gasteiger charge is 2.33. The minimum atomic E-state index is -4.63. The first kappa shape index (κ1) is 17.8. The normalized spacial score (nSPS) is 11.7. The summed E-state index contributed by atoms with van der Waals surface area (Å²) in [4.78, 5) is 17.1. The minimum Gasteiger partial charge on any atom is -0.464 e. The maximum absolute atomic E-state index is 13.4. The zero-order valence-corrected chi connectivity index (χ0v) is 14.6. The zero-order valence-electron chi connectivity index (χ0n) is 14.6. The summed E-state index contributed by atoms with van der Waals surface area (Å²) < 4.78 is 46.3. The Hall–Kier alpha value is -3.55. The number of pyridine rings is 2. The Labute approximate surface area is 157 Å². The van der Waals surface area contributed by atoms with Gasteiger partial charge in [-0.15, -0.1) is 0 Å². The molecule has 3 heterocycles. The number of hydrogen-bond donors (Lipinski definition) is 1. The Kier molecular flexibility index (Phi) is 4.18. The third kappa shape index (κ3) is 2.83. The van der Waals surface area contributed by atoms with E-state index < -0.39 is 17.4 Å². The van der Waals surface area contributed by atoms with Crippen LogP contribution < -0.4 is 10.9 Å². The van der Waals surface area contributed by atoms with E-state index in [-0.39, 0.29) is 11.2 Å². The number of rotatable bonds is 3. The second-order valence-corrected chi connectivity index (χ2v) is 6.02. The smallest absolute Gasteiger partial charge is 0.433 e. The molecule has 8 heteroatoms. The first-order chi connectivity index (χ1) is 13.4. The van der Waals surface area contributed by atoms with Gasteiger partial charge in [-0.1, -0.05) is 18.2 Å². The molecule has 4 rings (SSSR count). The fourth-order valence-corrected chi connectivity index (χ4v) is 3.15. The topological polar surface area (TPSA) is 60.1 Å². The third-order valence-corrected chi connectivity index (χ3v) is 4.35. The standard InChI is InChI=1S/C20H14F3N3O2/c1-24-17-13-9-10-15(20(21,22)23)25-18(13)26(12-6-3-2-4-7-12)19(27)16(17)14-8-5-11-28-14/h2-11,24H,1H3. The molecule has 0 spiro atoms. The number of hydrogen-bond acceptors (Lipinski definition) is 4. The maximum atomic E-state index is 13.4. The number of para-hydroxylation sites is 1. The summed E-state index contributed by atoms with van der Waals surface area (Å²) in [7, 11) is 1.59. The summed E-state index contributed by atoms with van der Waals surface area (Å²) in [6, 6.07) is 13.9. The van der Waals surface area contributed by atoms with Crippen LogP contribution in [0.25, 0.3) is 28.0 Å². The number of fused-ring (bicyclic) bond motifs is 1. The van der Waals surface area contributed by atoms with E-state index in [4.69, 9.17) is 4.42 Å². The second kappa shape index (κ2) is 6.56. The van der Waals surface area contributed by atoms with Gasteiger partial charge >= 0.3 is 6.18 Å². The summed E-state index contributed by atoms with van der Waals surface area (Å²) in [5.41, 5.74) is -0.735. The van der Waals surface area contributed by atoms with E-state index in [1.807, 2.05) is 0 Å². The summed E-state index contributed by atoms with van der Waals surface area (Å²) in [5, 5.41) is 3.28. The van der Waals surface area contributed by atoms with Crippen LogP contribution in [0.4, 0.5) is 18.9 Å². The molecule has 0 saturated carbocycles.